The molecule has 1 N–H and O–H groups in total. The van der Waals surface area contributed by atoms with E-state index in [9.17, 15) is 9.18 Å². The second-order valence-corrected chi connectivity index (χ2v) is 5.08. The molecule has 1 aromatic rings. The van der Waals surface area contributed by atoms with E-state index in [1.165, 1.54) is 44.2 Å². The summed E-state index contributed by atoms with van der Waals surface area (Å²) < 4.78 is 13.1. The fourth-order valence-electron chi connectivity index (χ4n) is 3.13. The number of fused-ring (bicyclic) bond motifs is 1. The van der Waals surface area contributed by atoms with Gasteiger partial charge in [0.2, 0.25) is 0 Å². The monoisotopic (exact) mass is 233 g/mol. The van der Waals surface area contributed by atoms with Crippen LogP contribution in [0.1, 0.15) is 54.1 Å². The molecule has 1 atom stereocenters. The molecular formula is C14H16FNO. The largest absolute Gasteiger partial charge is 0.345 e. The van der Waals surface area contributed by atoms with E-state index in [1.807, 2.05) is 0 Å². The van der Waals surface area contributed by atoms with Crippen LogP contribution < -0.4 is 5.32 Å². The summed E-state index contributed by atoms with van der Waals surface area (Å²) in [5, 5.41) is 3.01. The molecule has 0 aromatic heterocycles. The molecule has 1 aliphatic carbocycles. The molecule has 0 radical (unpaired) electrons. The van der Waals surface area contributed by atoms with E-state index >= 15 is 0 Å². The highest BCUT2D eigenvalue weighted by molar-refractivity contribution is 5.99. The molecule has 0 bridgehead atoms. The van der Waals surface area contributed by atoms with Crippen LogP contribution in [0, 0.1) is 11.7 Å². The standard InChI is InChI=1S/C14H16FNO/c15-10-6-7-11-12(8-10)14(17)16-13(11)9-4-2-1-3-5-9/h6-9,13H,1-5H2,(H,16,17). The summed E-state index contributed by atoms with van der Waals surface area (Å²) in [4.78, 5) is 11.8. The third-order valence-electron chi connectivity index (χ3n) is 4.00. The van der Waals surface area contributed by atoms with Gasteiger partial charge in [0.1, 0.15) is 5.82 Å². The summed E-state index contributed by atoms with van der Waals surface area (Å²) in [6.07, 6.45) is 6.12. The Kier molecular flexibility index (Phi) is 2.61. The topological polar surface area (TPSA) is 29.1 Å². The molecule has 1 aromatic carbocycles. The Labute approximate surface area is 100 Å². The van der Waals surface area contributed by atoms with Crippen molar-refractivity contribution >= 4 is 5.91 Å². The first-order valence-corrected chi connectivity index (χ1v) is 6.36. The Hall–Kier alpha value is -1.38. The Balaban J connectivity index is 1.92. The van der Waals surface area contributed by atoms with Crippen molar-refractivity contribution in [3.8, 4) is 0 Å². The Morgan fingerprint density at radius 2 is 1.94 bits per heavy atom. The van der Waals surface area contributed by atoms with Crippen molar-refractivity contribution in [1.29, 1.82) is 0 Å². The molecule has 1 amide bonds. The van der Waals surface area contributed by atoms with E-state index in [0.717, 1.165) is 5.56 Å². The summed E-state index contributed by atoms with van der Waals surface area (Å²) in [5.41, 5.74) is 1.52. The number of hydrogen-bond acceptors (Lipinski definition) is 1. The normalized spacial score (nSPS) is 24.5. The molecule has 1 aliphatic heterocycles. The van der Waals surface area contributed by atoms with Gasteiger partial charge in [0.25, 0.3) is 5.91 Å². The molecule has 3 heteroatoms. The van der Waals surface area contributed by atoms with Crippen molar-refractivity contribution < 1.29 is 9.18 Å². The predicted octanol–water partition coefficient (Wildman–Crippen LogP) is 3.19. The molecule has 1 heterocycles. The van der Waals surface area contributed by atoms with Crippen LogP contribution in [-0.4, -0.2) is 5.91 Å². The van der Waals surface area contributed by atoms with Gasteiger partial charge in [-0.25, -0.2) is 4.39 Å². The van der Waals surface area contributed by atoms with Gasteiger partial charge >= 0.3 is 0 Å². The van der Waals surface area contributed by atoms with Crippen LogP contribution in [0.2, 0.25) is 0 Å². The van der Waals surface area contributed by atoms with E-state index in [0.29, 0.717) is 11.5 Å². The Bertz CT molecular complexity index is 452. The van der Waals surface area contributed by atoms with Gasteiger partial charge in [-0.3, -0.25) is 4.79 Å². The molecule has 1 unspecified atom stereocenters. The molecule has 3 rings (SSSR count). The fraction of sp³-hybridized carbons (Fsp3) is 0.500. The zero-order chi connectivity index (χ0) is 11.8. The van der Waals surface area contributed by atoms with Gasteiger partial charge in [0.15, 0.2) is 0 Å². The average molecular weight is 233 g/mol. The van der Waals surface area contributed by atoms with Crippen LogP contribution in [0.3, 0.4) is 0 Å². The van der Waals surface area contributed by atoms with Crippen LogP contribution >= 0.6 is 0 Å². The molecule has 2 nitrogen and oxygen atoms in total. The van der Waals surface area contributed by atoms with Gasteiger partial charge in [-0.15, -0.1) is 0 Å². The van der Waals surface area contributed by atoms with Gasteiger partial charge in [0, 0.05) is 5.56 Å². The number of nitrogens with one attached hydrogen (secondary N) is 1. The lowest BCUT2D eigenvalue weighted by Gasteiger charge is -2.27. The van der Waals surface area contributed by atoms with Crippen molar-refractivity contribution in [2.75, 3.05) is 0 Å². The van der Waals surface area contributed by atoms with E-state index < -0.39 is 0 Å². The van der Waals surface area contributed by atoms with Crippen LogP contribution in [0.4, 0.5) is 4.39 Å². The number of rotatable bonds is 1. The quantitative estimate of drug-likeness (QED) is 0.793. The molecule has 1 saturated carbocycles. The van der Waals surface area contributed by atoms with Crippen molar-refractivity contribution in [2.24, 2.45) is 5.92 Å². The van der Waals surface area contributed by atoms with Crippen LogP contribution in [0.25, 0.3) is 0 Å². The van der Waals surface area contributed by atoms with Crippen LogP contribution in [0.5, 0.6) is 0 Å². The van der Waals surface area contributed by atoms with E-state index in [-0.39, 0.29) is 17.8 Å². The smallest absolute Gasteiger partial charge is 0.252 e. The summed E-state index contributed by atoms with van der Waals surface area (Å²) in [7, 11) is 0. The Morgan fingerprint density at radius 1 is 1.18 bits per heavy atom. The maximum atomic E-state index is 13.1. The average Bonchev–Trinajstić information content (AvgIpc) is 2.68. The second kappa shape index (κ2) is 4.13. The molecule has 1 fully saturated rings. The third kappa shape index (κ3) is 1.84. The first-order chi connectivity index (χ1) is 8.25. The molecular weight excluding hydrogens is 217 g/mol. The van der Waals surface area contributed by atoms with Gasteiger partial charge in [-0.2, -0.15) is 0 Å². The molecule has 2 aliphatic rings. The van der Waals surface area contributed by atoms with E-state index in [1.54, 1.807) is 6.07 Å². The Morgan fingerprint density at radius 3 is 2.71 bits per heavy atom. The number of benzene rings is 1. The van der Waals surface area contributed by atoms with Gasteiger partial charge in [0.05, 0.1) is 6.04 Å². The zero-order valence-corrected chi connectivity index (χ0v) is 9.71. The van der Waals surface area contributed by atoms with E-state index in [2.05, 4.69) is 5.32 Å². The molecule has 0 saturated heterocycles. The lowest BCUT2D eigenvalue weighted by atomic mass is 9.81. The predicted molar refractivity (Wildman–Crippen MR) is 63.2 cm³/mol. The molecule has 0 spiro atoms. The van der Waals surface area contributed by atoms with Crippen LogP contribution in [0.15, 0.2) is 18.2 Å². The SMILES string of the molecule is O=C1NC(C2CCCCC2)c2ccc(F)cc21. The number of hydrogen-bond donors (Lipinski definition) is 1. The number of carbonyl (C=O) groups excluding carboxylic acids is 1. The van der Waals surface area contributed by atoms with Crippen LogP contribution in [-0.2, 0) is 0 Å². The maximum Gasteiger partial charge on any atom is 0.252 e. The summed E-state index contributed by atoms with van der Waals surface area (Å²) in [6, 6.07) is 4.68. The maximum absolute atomic E-state index is 13.1. The highest BCUT2D eigenvalue weighted by Gasteiger charge is 2.34. The first kappa shape index (κ1) is 10.8. The van der Waals surface area contributed by atoms with Gasteiger partial charge in [-0.05, 0) is 36.5 Å². The number of carbonyl (C=O) groups is 1. The highest BCUT2D eigenvalue weighted by Crippen LogP contribution is 2.38. The molecule has 17 heavy (non-hydrogen) atoms. The highest BCUT2D eigenvalue weighted by atomic mass is 19.1. The third-order valence-corrected chi connectivity index (χ3v) is 4.00. The minimum atomic E-state index is -0.330. The van der Waals surface area contributed by atoms with Gasteiger partial charge in [-0.1, -0.05) is 25.3 Å². The van der Waals surface area contributed by atoms with Crippen molar-refractivity contribution in [2.45, 2.75) is 38.1 Å². The first-order valence-electron chi connectivity index (χ1n) is 6.36. The summed E-state index contributed by atoms with van der Waals surface area (Å²) in [5.74, 6) is 0.0812. The zero-order valence-electron chi connectivity index (χ0n) is 9.71. The lowest BCUT2D eigenvalue weighted by Crippen LogP contribution is -2.27. The van der Waals surface area contributed by atoms with E-state index in [4.69, 9.17) is 0 Å². The minimum absolute atomic E-state index is 0.110. The van der Waals surface area contributed by atoms with Crippen molar-refractivity contribution in [3.05, 3.63) is 35.1 Å². The fourth-order valence-corrected chi connectivity index (χ4v) is 3.13. The minimum Gasteiger partial charge on any atom is -0.345 e. The second-order valence-electron chi connectivity index (χ2n) is 5.08. The number of halogens is 1. The van der Waals surface area contributed by atoms with Crippen molar-refractivity contribution in [1.82, 2.24) is 5.32 Å². The number of amides is 1. The van der Waals surface area contributed by atoms with Gasteiger partial charge < -0.3 is 5.32 Å². The summed E-state index contributed by atoms with van der Waals surface area (Å²) in [6.45, 7) is 0. The summed E-state index contributed by atoms with van der Waals surface area (Å²) >= 11 is 0. The molecule has 90 valence electrons. The lowest BCUT2D eigenvalue weighted by molar-refractivity contribution is 0.0940. The van der Waals surface area contributed by atoms with Crippen molar-refractivity contribution in [3.63, 3.8) is 0 Å².